The van der Waals surface area contributed by atoms with Crippen LogP contribution in [0.1, 0.15) is 33.1 Å². The van der Waals surface area contributed by atoms with Crippen LogP contribution >= 0.6 is 11.6 Å². The number of hydrogen-bond donors (Lipinski definition) is 2. The second-order valence-corrected chi connectivity index (χ2v) is 6.31. The number of benzene rings is 2. The zero-order valence-electron chi connectivity index (χ0n) is 13.9. The Morgan fingerprint density at radius 1 is 1.20 bits per heavy atom. The van der Waals surface area contributed by atoms with E-state index in [1.54, 1.807) is 24.3 Å². The molecule has 0 spiro atoms. The molecule has 6 heteroatoms. The molecule has 2 N–H and O–H groups in total. The molecule has 0 saturated heterocycles. The third kappa shape index (κ3) is 4.90. The van der Waals surface area contributed by atoms with E-state index in [2.05, 4.69) is 51.7 Å². The summed E-state index contributed by atoms with van der Waals surface area (Å²) in [5.74, 6) is 1.35. The van der Waals surface area contributed by atoms with E-state index in [0.29, 0.717) is 35.8 Å². The highest BCUT2D eigenvalue weighted by molar-refractivity contribution is 6.30. The molecule has 5 nitrogen and oxygen atoms in total. The van der Waals surface area contributed by atoms with Gasteiger partial charge >= 0.3 is 0 Å². The summed E-state index contributed by atoms with van der Waals surface area (Å²) in [6.45, 7) is 2.53. The van der Waals surface area contributed by atoms with Gasteiger partial charge in [0.05, 0.1) is 0 Å². The lowest BCUT2D eigenvalue weighted by Gasteiger charge is -2.03. The predicted octanol–water partition coefficient (Wildman–Crippen LogP) is 3.33. The molecule has 0 aliphatic rings. The molecule has 0 unspecified atom stereocenters. The molecule has 0 radical (unpaired) electrons. The minimum atomic E-state index is -0.155. The summed E-state index contributed by atoms with van der Waals surface area (Å²) < 4.78 is 0. The zero-order valence-corrected chi connectivity index (χ0v) is 14.7. The number of nitrogens with one attached hydrogen (secondary N) is 2. The van der Waals surface area contributed by atoms with Crippen LogP contribution in [0.4, 0.5) is 0 Å². The summed E-state index contributed by atoms with van der Waals surface area (Å²) in [4.78, 5) is 16.5. The molecule has 0 atom stereocenters. The van der Waals surface area contributed by atoms with E-state index in [1.807, 2.05) is 0 Å². The molecule has 2 aromatic carbocycles. The molecule has 1 aromatic heterocycles. The largest absolute Gasteiger partial charge is 0.352 e. The fraction of sp³-hybridized carbons (Fsp3) is 0.211. The van der Waals surface area contributed by atoms with Crippen molar-refractivity contribution in [3.05, 3.63) is 81.9 Å². The molecule has 0 aliphatic heterocycles. The summed E-state index contributed by atoms with van der Waals surface area (Å²) in [6.07, 6.45) is 1.28. The van der Waals surface area contributed by atoms with Gasteiger partial charge in [-0.15, -0.1) is 0 Å². The quantitative estimate of drug-likeness (QED) is 0.713. The van der Waals surface area contributed by atoms with Crippen molar-refractivity contribution in [3.8, 4) is 0 Å². The van der Waals surface area contributed by atoms with Crippen LogP contribution in [0.15, 0.2) is 48.5 Å². The van der Waals surface area contributed by atoms with Gasteiger partial charge in [-0.3, -0.25) is 9.89 Å². The number of hydrogen-bond acceptors (Lipinski definition) is 3. The van der Waals surface area contributed by atoms with Gasteiger partial charge in [-0.2, -0.15) is 5.10 Å². The molecule has 3 rings (SSSR count). The van der Waals surface area contributed by atoms with Crippen LogP contribution in [-0.2, 0) is 12.8 Å². The molecule has 1 heterocycles. The van der Waals surface area contributed by atoms with Gasteiger partial charge in [-0.05, 0) is 30.7 Å². The van der Waals surface area contributed by atoms with Crippen LogP contribution < -0.4 is 5.32 Å². The molecule has 1 amide bonds. The number of aromatic nitrogens is 3. The van der Waals surface area contributed by atoms with E-state index in [9.17, 15) is 4.79 Å². The number of amides is 1. The topological polar surface area (TPSA) is 70.7 Å². The second-order valence-electron chi connectivity index (χ2n) is 5.88. The molecular formula is C19H19ClN4O. The van der Waals surface area contributed by atoms with Crippen molar-refractivity contribution in [1.29, 1.82) is 0 Å². The maximum atomic E-state index is 12.0. The molecule has 0 aliphatic carbocycles. The van der Waals surface area contributed by atoms with Gasteiger partial charge in [0.1, 0.15) is 5.82 Å². The lowest BCUT2D eigenvalue weighted by Crippen LogP contribution is -2.25. The monoisotopic (exact) mass is 354 g/mol. The van der Waals surface area contributed by atoms with Crippen LogP contribution in [0, 0.1) is 6.92 Å². The van der Waals surface area contributed by atoms with E-state index >= 15 is 0 Å². The number of halogens is 1. The smallest absolute Gasteiger partial charge is 0.251 e. The normalized spacial score (nSPS) is 10.6. The maximum Gasteiger partial charge on any atom is 0.251 e. The number of rotatable bonds is 6. The first-order chi connectivity index (χ1) is 12.1. The molecule has 0 fully saturated rings. The number of nitrogens with zero attached hydrogens (tertiary/aromatic N) is 2. The van der Waals surface area contributed by atoms with E-state index in [-0.39, 0.29) is 5.91 Å². The highest BCUT2D eigenvalue weighted by Crippen LogP contribution is 2.10. The number of aromatic amines is 1. The predicted molar refractivity (Wildman–Crippen MR) is 97.9 cm³/mol. The zero-order chi connectivity index (χ0) is 17.6. The summed E-state index contributed by atoms with van der Waals surface area (Å²) in [5.41, 5.74) is 2.96. The molecule has 128 valence electrons. The Bertz CT molecular complexity index is 858. The second kappa shape index (κ2) is 7.94. The van der Waals surface area contributed by atoms with Crippen molar-refractivity contribution >= 4 is 17.5 Å². The van der Waals surface area contributed by atoms with Crippen LogP contribution in [0.5, 0.6) is 0 Å². The van der Waals surface area contributed by atoms with Crippen molar-refractivity contribution < 1.29 is 4.79 Å². The molecule has 0 bridgehead atoms. The van der Waals surface area contributed by atoms with Crippen LogP contribution in [0.25, 0.3) is 0 Å². The molecule has 3 aromatic rings. The third-order valence-electron chi connectivity index (χ3n) is 3.79. The van der Waals surface area contributed by atoms with Gasteiger partial charge in [0.25, 0.3) is 5.91 Å². The summed E-state index contributed by atoms with van der Waals surface area (Å²) in [7, 11) is 0. The average Bonchev–Trinajstić information content (AvgIpc) is 3.04. The highest BCUT2D eigenvalue weighted by atomic mass is 35.5. The Labute approximate surface area is 151 Å². The Hall–Kier alpha value is -2.66. The number of H-pyrrole nitrogens is 1. The van der Waals surface area contributed by atoms with Gasteiger partial charge in [0.15, 0.2) is 5.82 Å². The summed E-state index contributed by atoms with van der Waals surface area (Å²) in [6, 6.07) is 15.2. The minimum absolute atomic E-state index is 0.155. The lowest BCUT2D eigenvalue weighted by molar-refractivity contribution is 0.0954. The van der Waals surface area contributed by atoms with Crippen LogP contribution in [-0.4, -0.2) is 27.6 Å². The van der Waals surface area contributed by atoms with Gasteiger partial charge in [0.2, 0.25) is 0 Å². The third-order valence-corrected chi connectivity index (χ3v) is 4.03. The van der Waals surface area contributed by atoms with Crippen LogP contribution in [0.2, 0.25) is 5.02 Å². The van der Waals surface area contributed by atoms with Crippen molar-refractivity contribution in [1.82, 2.24) is 20.5 Å². The summed E-state index contributed by atoms with van der Waals surface area (Å²) in [5, 5.41) is 10.6. The van der Waals surface area contributed by atoms with Gasteiger partial charge in [-0.25, -0.2) is 4.98 Å². The van der Waals surface area contributed by atoms with Crippen molar-refractivity contribution in [3.63, 3.8) is 0 Å². The van der Waals surface area contributed by atoms with Crippen LogP contribution in [0.3, 0.4) is 0 Å². The Balaban J connectivity index is 1.50. The first kappa shape index (κ1) is 17.2. The SMILES string of the molecule is Cc1ccc(Cc2nc(CCNC(=O)c3cccc(Cl)c3)n[nH]2)cc1. The highest BCUT2D eigenvalue weighted by Gasteiger charge is 2.08. The van der Waals surface area contributed by atoms with Gasteiger partial charge < -0.3 is 5.32 Å². The molecular weight excluding hydrogens is 336 g/mol. The molecule has 25 heavy (non-hydrogen) atoms. The Kier molecular flexibility index (Phi) is 5.46. The Morgan fingerprint density at radius 3 is 2.76 bits per heavy atom. The first-order valence-electron chi connectivity index (χ1n) is 8.09. The van der Waals surface area contributed by atoms with E-state index in [4.69, 9.17) is 11.6 Å². The maximum absolute atomic E-state index is 12.0. The fourth-order valence-corrected chi connectivity index (χ4v) is 2.63. The average molecular weight is 355 g/mol. The van der Waals surface area contributed by atoms with Gasteiger partial charge in [-0.1, -0.05) is 47.5 Å². The fourth-order valence-electron chi connectivity index (χ4n) is 2.44. The van der Waals surface area contributed by atoms with E-state index < -0.39 is 0 Å². The number of aryl methyl sites for hydroxylation is 1. The standard InChI is InChI=1S/C19H19ClN4O/c1-13-5-7-14(8-6-13)11-18-22-17(23-24-18)9-10-21-19(25)15-3-2-4-16(20)12-15/h2-8,12H,9-11H2,1H3,(H,21,25)(H,22,23,24). The van der Waals surface area contributed by atoms with Gasteiger partial charge in [0, 0.05) is 30.0 Å². The van der Waals surface area contributed by atoms with Crippen molar-refractivity contribution in [2.75, 3.05) is 6.54 Å². The van der Waals surface area contributed by atoms with E-state index in [1.165, 1.54) is 11.1 Å². The number of carbonyl (C=O) groups excluding carboxylic acids is 1. The van der Waals surface area contributed by atoms with Crippen molar-refractivity contribution in [2.45, 2.75) is 19.8 Å². The minimum Gasteiger partial charge on any atom is -0.352 e. The van der Waals surface area contributed by atoms with Crippen molar-refractivity contribution in [2.24, 2.45) is 0 Å². The number of carbonyl (C=O) groups is 1. The van der Waals surface area contributed by atoms with E-state index in [0.717, 1.165) is 5.82 Å². The molecule has 0 saturated carbocycles. The Morgan fingerprint density at radius 2 is 2.00 bits per heavy atom. The lowest BCUT2D eigenvalue weighted by atomic mass is 10.1. The first-order valence-corrected chi connectivity index (χ1v) is 8.47. The summed E-state index contributed by atoms with van der Waals surface area (Å²) >= 11 is 5.89.